The van der Waals surface area contributed by atoms with Gasteiger partial charge in [0.15, 0.2) is 5.17 Å². The van der Waals surface area contributed by atoms with Crippen LogP contribution in [0.2, 0.25) is 0 Å². The molecular weight excluding hydrogens is 487 g/mol. The summed E-state index contributed by atoms with van der Waals surface area (Å²) < 4.78 is 20.7. The standard InChI is InChI=1S/C29H33FN4O2S/c1-6-34-27(35)26(16-20-15-23-19(2)18-29(3,4)32(5)25(23)17-24(20)30)37-28(34)31-21-7-9-22(10-8-21)33-11-13-36-14-12-33/h7-10,15-18H,6,11-14H2,1-5H3/b26-16+,31-28?. The van der Waals surface area contributed by atoms with Crippen LogP contribution in [0.15, 0.2) is 52.4 Å². The van der Waals surface area contributed by atoms with E-state index in [-0.39, 0.29) is 17.3 Å². The molecule has 0 bridgehead atoms. The number of ether oxygens (including phenoxy) is 1. The van der Waals surface area contributed by atoms with Crippen LogP contribution >= 0.6 is 11.8 Å². The number of hydrogen-bond donors (Lipinski definition) is 0. The van der Waals surface area contributed by atoms with Crippen LogP contribution in [0, 0.1) is 5.82 Å². The molecule has 3 aliphatic heterocycles. The highest BCUT2D eigenvalue weighted by atomic mass is 32.2. The van der Waals surface area contributed by atoms with Gasteiger partial charge in [0.2, 0.25) is 0 Å². The number of morpholine rings is 1. The fourth-order valence-electron chi connectivity index (χ4n) is 4.98. The summed E-state index contributed by atoms with van der Waals surface area (Å²) in [5, 5.41) is 0.605. The van der Waals surface area contributed by atoms with Crippen LogP contribution in [0.5, 0.6) is 0 Å². The molecule has 0 spiro atoms. The lowest BCUT2D eigenvalue weighted by molar-refractivity contribution is -0.122. The van der Waals surface area contributed by atoms with Crippen LogP contribution in [0.4, 0.5) is 21.5 Å². The number of carbonyl (C=O) groups is 1. The Morgan fingerprint density at radius 3 is 2.54 bits per heavy atom. The molecule has 8 heteroatoms. The van der Waals surface area contributed by atoms with E-state index < -0.39 is 0 Å². The number of benzene rings is 2. The zero-order valence-electron chi connectivity index (χ0n) is 22.0. The van der Waals surface area contributed by atoms with Crippen molar-refractivity contribution in [3.8, 4) is 0 Å². The third-order valence-corrected chi connectivity index (χ3v) is 8.28. The van der Waals surface area contributed by atoms with Gasteiger partial charge in [0.25, 0.3) is 5.91 Å². The minimum Gasteiger partial charge on any atom is -0.378 e. The molecule has 2 fully saturated rings. The summed E-state index contributed by atoms with van der Waals surface area (Å²) in [5.74, 6) is -0.497. The summed E-state index contributed by atoms with van der Waals surface area (Å²) in [4.78, 5) is 24.4. The number of thioether (sulfide) groups is 1. The van der Waals surface area contributed by atoms with Gasteiger partial charge in [-0.3, -0.25) is 9.69 Å². The number of likely N-dealkylation sites (N-methyl/N-ethyl adjacent to an activating group) is 2. The molecule has 0 unspecified atom stereocenters. The van der Waals surface area contributed by atoms with Crippen molar-refractivity contribution in [1.29, 1.82) is 0 Å². The van der Waals surface area contributed by atoms with E-state index in [1.165, 1.54) is 11.8 Å². The summed E-state index contributed by atoms with van der Waals surface area (Å²) in [6.07, 6.45) is 3.84. The van der Waals surface area contributed by atoms with Gasteiger partial charge in [0.05, 0.1) is 29.3 Å². The Kier molecular flexibility index (Phi) is 6.89. The van der Waals surface area contributed by atoms with Gasteiger partial charge < -0.3 is 14.5 Å². The lowest BCUT2D eigenvalue weighted by Gasteiger charge is -2.40. The third-order valence-electron chi connectivity index (χ3n) is 7.28. The van der Waals surface area contributed by atoms with Gasteiger partial charge >= 0.3 is 0 Å². The highest BCUT2D eigenvalue weighted by Gasteiger charge is 2.33. The molecule has 2 aromatic carbocycles. The molecule has 194 valence electrons. The van der Waals surface area contributed by atoms with Crippen molar-refractivity contribution in [2.75, 3.05) is 49.7 Å². The highest BCUT2D eigenvalue weighted by Crippen LogP contribution is 2.41. The second-order valence-electron chi connectivity index (χ2n) is 10.1. The van der Waals surface area contributed by atoms with Crippen molar-refractivity contribution in [2.24, 2.45) is 4.99 Å². The van der Waals surface area contributed by atoms with E-state index in [4.69, 9.17) is 9.73 Å². The molecular formula is C29H33FN4O2S. The summed E-state index contributed by atoms with van der Waals surface area (Å²) in [6, 6.07) is 11.5. The van der Waals surface area contributed by atoms with Crippen LogP contribution in [0.1, 0.15) is 38.8 Å². The fraction of sp³-hybridized carbons (Fsp3) is 0.379. The highest BCUT2D eigenvalue weighted by molar-refractivity contribution is 8.18. The number of carbonyl (C=O) groups excluding carboxylic acids is 1. The monoisotopic (exact) mass is 520 g/mol. The maximum absolute atomic E-state index is 15.3. The van der Waals surface area contributed by atoms with Crippen molar-refractivity contribution in [2.45, 2.75) is 33.2 Å². The summed E-state index contributed by atoms with van der Waals surface area (Å²) in [7, 11) is 1.98. The van der Waals surface area contributed by atoms with Crippen LogP contribution in [0.25, 0.3) is 11.6 Å². The maximum Gasteiger partial charge on any atom is 0.266 e. The molecule has 37 heavy (non-hydrogen) atoms. The Morgan fingerprint density at radius 2 is 1.86 bits per heavy atom. The molecule has 0 atom stereocenters. The third kappa shape index (κ3) is 4.92. The normalized spacial score (nSPS) is 21.6. The molecule has 0 radical (unpaired) electrons. The van der Waals surface area contributed by atoms with Gasteiger partial charge in [-0.1, -0.05) is 6.08 Å². The molecule has 0 aromatic heterocycles. The van der Waals surface area contributed by atoms with Crippen LogP contribution in [-0.2, 0) is 9.53 Å². The quantitative estimate of drug-likeness (QED) is 0.469. The Balaban J connectivity index is 1.42. The van der Waals surface area contributed by atoms with Crippen molar-refractivity contribution < 1.29 is 13.9 Å². The lowest BCUT2D eigenvalue weighted by atomic mass is 9.88. The second-order valence-corrected chi connectivity index (χ2v) is 11.1. The number of amides is 1. The van der Waals surface area contributed by atoms with Crippen molar-refractivity contribution in [3.05, 3.63) is 64.3 Å². The Hall–Kier alpha value is -3.10. The average Bonchev–Trinajstić information content (AvgIpc) is 3.17. The zero-order valence-corrected chi connectivity index (χ0v) is 22.9. The average molecular weight is 521 g/mol. The number of rotatable bonds is 4. The first-order valence-corrected chi connectivity index (χ1v) is 13.5. The number of anilines is 2. The van der Waals surface area contributed by atoms with E-state index in [2.05, 4.69) is 41.9 Å². The second kappa shape index (κ2) is 9.99. The first-order chi connectivity index (χ1) is 17.7. The van der Waals surface area contributed by atoms with Crippen molar-refractivity contribution in [1.82, 2.24) is 4.90 Å². The minimum atomic E-state index is -0.343. The van der Waals surface area contributed by atoms with Gasteiger partial charge in [-0.25, -0.2) is 9.38 Å². The van der Waals surface area contributed by atoms with E-state index in [0.29, 0.717) is 22.2 Å². The topological polar surface area (TPSA) is 48.4 Å². The van der Waals surface area contributed by atoms with E-state index in [9.17, 15) is 4.79 Å². The number of hydrogen-bond acceptors (Lipinski definition) is 6. The predicted molar refractivity (Wildman–Crippen MR) is 152 cm³/mol. The van der Waals surface area contributed by atoms with E-state index in [1.807, 2.05) is 39.1 Å². The number of allylic oxidation sites excluding steroid dienone is 1. The number of amidine groups is 1. The van der Waals surface area contributed by atoms with Crippen LogP contribution in [0.3, 0.4) is 0 Å². The van der Waals surface area contributed by atoms with E-state index in [0.717, 1.165) is 54.5 Å². The van der Waals surface area contributed by atoms with Gasteiger partial charge in [0.1, 0.15) is 5.82 Å². The largest absolute Gasteiger partial charge is 0.378 e. The van der Waals surface area contributed by atoms with Gasteiger partial charge in [0, 0.05) is 49.2 Å². The minimum absolute atomic E-state index is 0.154. The van der Waals surface area contributed by atoms with Gasteiger partial charge in [-0.05, 0) is 87.5 Å². The lowest BCUT2D eigenvalue weighted by Crippen LogP contribution is -2.42. The molecule has 5 rings (SSSR count). The number of halogens is 1. The Labute approximate surface area is 222 Å². The molecule has 2 aromatic rings. The maximum atomic E-state index is 15.3. The predicted octanol–water partition coefficient (Wildman–Crippen LogP) is 5.92. The van der Waals surface area contributed by atoms with E-state index >= 15 is 4.39 Å². The molecule has 1 amide bonds. The molecule has 0 aliphatic carbocycles. The Bertz CT molecular complexity index is 1310. The number of fused-ring (bicyclic) bond motifs is 1. The molecule has 0 N–H and O–H groups in total. The summed E-state index contributed by atoms with van der Waals surface area (Å²) in [5.41, 5.74) is 5.05. The van der Waals surface area contributed by atoms with Crippen molar-refractivity contribution >= 4 is 51.5 Å². The summed E-state index contributed by atoms with van der Waals surface area (Å²) in [6.45, 7) is 11.9. The first kappa shape index (κ1) is 25.5. The molecule has 3 aliphatic rings. The van der Waals surface area contributed by atoms with Crippen LogP contribution in [-0.4, -0.2) is 61.4 Å². The smallest absolute Gasteiger partial charge is 0.266 e. The molecule has 3 heterocycles. The molecule has 2 saturated heterocycles. The van der Waals surface area contributed by atoms with Crippen LogP contribution < -0.4 is 9.80 Å². The van der Waals surface area contributed by atoms with Gasteiger partial charge in [-0.2, -0.15) is 0 Å². The molecule has 6 nitrogen and oxygen atoms in total. The van der Waals surface area contributed by atoms with Crippen molar-refractivity contribution in [3.63, 3.8) is 0 Å². The summed E-state index contributed by atoms with van der Waals surface area (Å²) >= 11 is 1.29. The zero-order chi connectivity index (χ0) is 26.3. The van der Waals surface area contributed by atoms with Gasteiger partial charge in [-0.15, -0.1) is 0 Å². The number of aliphatic imine (C=N–C) groups is 1. The number of nitrogens with zero attached hydrogens (tertiary/aromatic N) is 4. The SMILES string of the molecule is CCN1C(=O)/C(=C\c2cc3c(cc2F)N(C)C(C)(C)C=C3C)SC1=Nc1ccc(N2CCOCC2)cc1. The molecule has 0 saturated carbocycles. The van der Waals surface area contributed by atoms with E-state index in [1.54, 1.807) is 17.0 Å². The Morgan fingerprint density at radius 1 is 1.16 bits per heavy atom. The first-order valence-electron chi connectivity index (χ1n) is 12.7. The fourth-order valence-corrected chi connectivity index (χ4v) is 6.03.